The lowest BCUT2D eigenvalue weighted by molar-refractivity contribution is 0.831. The first-order chi connectivity index (χ1) is 7.20. The molecular formula is C9H10BrN5. The normalized spacial score (nSPS) is 10.3. The van der Waals surface area contributed by atoms with Gasteiger partial charge in [-0.1, -0.05) is 0 Å². The van der Waals surface area contributed by atoms with Crippen molar-refractivity contribution in [1.82, 2.24) is 19.7 Å². The van der Waals surface area contributed by atoms with E-state index in [4.69, 9.17) is 0 Å². The fourth-order valence-electron chi connectivity index (χ4n) is 1.20. The number of aromatic nitrogens is 4. The van der Waals surface area contributed by atoms with Gasteiger partial charge in [0.1, 0.15) is 0 Å². The molecule has 0 fully saturated rings. The van der Waals surface area contributed by atoms with Crippen molar-refractivity contribution < 1.29 is 0 Å². The summed E-state index contributed by atoms with van der Waals surface area (Å²) in [5.74, 6) is 1.36. The molecule has 0 aliphatic carbocycles. The Morgan fingerprint density at radius 2 is 2.20 bits per heavy atom. The summed E-state index contributed by atoms with van der Waals surface area (Å²) >= 11 is 3.35. The topological polar surface area (TPSA) is 55.6 Å². The minimum Gasteiger partial charge on any atom is -0.357 e. The lowest BCUT2D eigenvalue weighted by atomic mass is 10.3. The lowest BCUT2D eigenvalue weighted by Gasteiger charge is -2.05. The number of nitrogens with zero attached hydrogens (tertiary/aromatic N) is 4. The summed E-state index contributed by atoms with van der Waals surface area (Å²) in [6.45, 7) is 1.95. The zero-order chi connectivity index (χ0) is 10.8. The number of aryl methyl sites for hydroxylation is 1. The molecule has 0 saturated carbocycles. The second-order valence-electron chi connectivity index (χ2n) is 3.05. The monoisotopic (exact) mass is 267 g/mol. The van der Waals surface area contributed by atoms with Gasteiger partial charge in [0.25, 0.3) is 0 Å². The van der Waals surface area contributed by atoms with Gasteiger partial charge in [0.15, 0.2) is 5.82 Å². The molecule has 6 heteroatoms. The molecule has 2 heterocycles. The van der Waals surface area contributed by atoms with Crippen LogP contribution in [0.4, 0.5) is 5.95 Å². The van der Waals surface area contributed by atoms with E-state index >= 15 is 0 Å². The van der Waals surface area contributed by atoms with Crippen LogP contribution in [-0.4, -0.2) is 26.8 Å². The highest BCUT2D eigenvalue weighted by Gasteiger charge is 2.06. The van der Waals surface area contributed by atoms with E-state index in [1.165, 1.54) is 0 Å². The van der Waals surface area contributed by atoms with Gasteiger partial charge in [-0.05, 0) is 22.9 Å². The summed E-state index contributed by atoms with van der Waals surface area (Å²) in [6.07, 6.45) is 5.35. The average Bonchev–Trinajstić information content (AvgIpc) is 2.65. The van der Waals surface area contributed by atoms with Crippen LogP contribution in [0.5, 0.6) is 0 Å². The van der Waals surface area contributed by atoms with Crippen molar-refractivity contribution in [3.05, 3.63) is 28.6 Å². The van der Waals surface area contributed by atoms with Gasteiger partial charge in [0, 0.05) is 25.0 Å². The SMILES string of the molecule is CNc1ncc(C)c(-n2cc(Br)cn2)n1. The van der Waals surface area contributed by atoms with Crippen LogP contribution in [0.2, 0.25) is 0 Å². The Kier molecular flexibility index (Phi) is 2.68. The van der Waals surface area contributed by atoms with E-state index in [0.29, 0.717) is 5.95 Å². The Bertz CT molecular complexity index is 479. The Hall–Kier alpha value is -1.43. The van der Waals surface area contributed by atoms with Crippen molar-refractivity contribution in [3.8, 4) is 5.82 Å². The first-order valence-corrected chi connectivity index (χ1v) is 5.22. The third-order valence-electron chi connectivity index (χ3n) is 1.94. The number of halogens is 1. The number of rotatable bonds is 2. The van der Waals surface area contributed by atoms with Crippen LogP contribution in [0.1, 0.15) is 5.56 Å². The summed E-state index contributed by atoms with van der Waals surface area (Å²) in [6, 6.07) is 0. The lowest BCUT2D eigenvalue weighted by Crippen LogP contribution is -2.05. The molecule has 0 atom stereocenters. The second-order valence-corrected chi connectivity index (χ2v) is 3.97. The maximum atomic E-state index is 4.33. The molecule has 2 aromatic heterocycles. The minimum atomic E-state index is 0.585. The van der Waals surface area contributed by atoms with Crippen molar-refractivity contribution in [2.45, 2.75) is 6.92 Å². The Morgan fingerprint density at radius 3 is 2.80 bits per heavy atom. The fourth-order valence-corrected chi connectivity index (χ4v) is 1.49. The molecule has 0 spiro atoms. The van der Waals surface area contributed by atoms with Crippen LogP contribution < -0.4 is 5.32 Å². The smallest absolute Gasteiger partial charge is 0.224 e. The molecule has 78 valence electrons. The molecule has 0 aliphatic heterocycles. The molecule has 0 aliphatic rings. The number of nitrogens with one attached hydrogen (secondary N) is 1. The van der Waals surface area contributed by atoms with Gasteiger partial charge in [-0.2, -0.15) is 10.1 Å². The van der Waals surface area contributed by atoms with Crippen LogP contribution >= 0.6 is 15.9 Å². The zero-order valence-corrected chi connectivity index (χ0v) is 9.98. The average molecular weight is 268 g/mol. The summed E-state index contributed by atoms with van der Waals surface area (Å²) in [7, 11) is 1.79. The molecule has 0 saturated heterocycles. The highest BCUT2D eigenvalue weighted by atomic mass is 79.9. The standard InChI is InChI=1S/C9H10BrN5/c1-6-3-12-9(11-2)14-8(6)15-5-7(10)4-13-15/h3-5H,1-2H3,(H,11,12,14). The van der Waals surface area contributed by atoms with Crippen molar-refractivity contribution in [1.29, 1.82) is 0 Å². The Morgan fingerprint density at radius 1 is 1.40 bits per heavy atom. The van der Waals surface area contributed by atoms with Crippen LogP contribution in [0.15, 0.2) is 23.1 Å². The third kappa shape index (κ3) is 1.99. The van der Waals surface area contributed by atoms with Crippen LogP contribution in [-0.2, 0) is 0 Å². The molecule has 0 aromatic carbocycles. The van der Waals surface area contributed by atoms with Crippen molar-refractivity contribution in [3.63, 3.8) is 0 Å². The third-order valence-corrected chi connectivity index (χ3v) is 2.35. The van der Waals surface area contributed by atoms with E-state index in [9.17, 15) is 0 Å². The van der Waals surface area contributed by atoms with E-state index in [1.54, 1.807) is 24.1 Å². The number of anilines is 1. The molecule has 1 N–H and O–H groups in total. The minimum absolute atomic E-state index is 0.585. The maximum absolute atomic E-state index is 4.33. The van der Waals surface area contributed by atoms with Crippen molar-refractivity contribution in [2.24, 2.45) is 0 Å². The molecular weight excluding hydrogens is 258 g/mol. The van der Waals surface area contributed by atoms with E-state index in [-0.39, 0.29) is 0 Å². The van der Waals surface area contributed by atoms with Gasteiger partial charge in [0.2, 0.25) is 5.95 Å². The summed E-state index contributed by atoms with van der Waals surface area (Å²) in [5, 5.41) is 7.07. The largest absolute Gasteiger partial charge is 0.357 e. The van der Waals surface area contributed by atoms with Crippen LogP contribution in [0.3, 0.4) is 0 Å². The zero-order valence-electron chi connectivity index (χ0n) is 8.40. The molecule has 5 nitrogen and oxygen atoms in total. The summed E-state index contributed by atoms with van der Waals surface area (Å²) in [4.78, 5) is 8.45. The molecule has 15 heavy (non-hydrogen) atoms. The van der Waals surface area contributed by atoms with E-state index < -0.39 is 0 Å². The highest BCUT2D eigenvalue weighted by Crippen LogP contribution is 2.14. The predicted molar refractivity (Wildman–Crippen MR) is 61.1 cm³/mol. The molecule has 0 radical (unpaired) electrons. The van der Waals surface area contributed by atoms with E-state index in [1.807, 2.05) is 13.1 Å². The highest BCUT2D eigenvalue weighted by molar-refractivity contribution is 9.10. The second kappa shape index (κ2) is 3.98. The predicted octanol–water partition coefficient (Wildman–Crippen LogP) is 1.77. The van der Waals surface area contributed by atoms with Gasteiger partial charge in [-0.25, -0.2) is 9.67 Å². The van der Waals surface area contributed by atoms with Gasteiger partial charge in [-0.15, -0.1) is 0 Å². The van der Waals surface area contributed by atoms with Crippen LogP contribution in [0, 0.1) is 6.92 Å². The van der Waals surface area contributed by atoms with Crippen molar-refractivity contribution >= 4 is 21.9 Å². The van der Waals surface area contributed by atoms with Gasteiger partial charge in [0.05, 0.1) is 10.7 Å². The number of hydrogen-bond acceptors (Lipinski definition) is 4. The van der Waals surface area contributed by atoms with Crippen LogP contribution in [0.25, 0.3) is 5.82 Å². The van der Waals surface area contributed by atoms with E-state index in [0.717, 1.165) is 15.9 Å². The molecule has 2 rings (SSSR count). The molecule has 0 amide bonds. The molecule has 2 aromatic rings. The van der Waals surface area contributed by atoms with Gasteiger partial charge in [-0.3, -0.25) is 0 Å². The number of hydrogen-bond donors (Lipinski definition) is 1. The summed E-state index contributed by atoms with van der Waals surface area (Å²) < 4.78 is 2.63. The van der Waals surface area contributed by atoms with Crippen molar-refractivity contribution in [2.75, 3.05) is 12.4 Å². The first-order valence-electron chi connectivity index (χ1n) is 4.42. The Labute approximate surface area is 95.7 Å². The first kappa shape index (κ1) is 10.1. The van der Waals surface area contributed by atoms with Gasteiger partial charge >= 0.3 is 0 Å². The quantitative estimate of drug-likeness (QED) is 0.901. The maximum Gasteiger partial charge on any atom is 0.224 e. The van der Waals surface area contributed by atoms with Gasteiger partial charge < -0.3 is 5.32 Å². The summed E-state index contributed by atoms with van der Waals surface area (Å²) in [5.41, 5.74) is 0.976. The Balaban J connectivity index is 2.51. The van der Waals surface area contributed by atoms with E-state index in [2.05, 4.69) is 36.3 Å². The molecule has 0 bridgehead atoms. The fraction of sp³-hybridized carbons (Fsp3) is 0.222. The molecule has 0 unspecified atom stereocenters.